The topological polar surface area (TPSA) is 78.1 Å². The predicted octanol–water partition coefficient (Wildman–Crippen LogP) is 2.60. The molecule has 0 aliphatic carbocycles. The maximum Gasteiger partial charge on any atom is 0.135 e. The second-order valence-corrected chi connectivity index (χ2v) is 4.67. The molecule has 0 saturated carbocycles. The summed E-state index contributed by atoms with van der Waals surface area (Å²) in [7, 11) is 0. The smallest absolute Gasteiger partial charge is 0.135 e. The van der Waals surface area contributed by atoms with Crippen LogP contribution in [-0.4, -0.2) is 5.79 Å². The number of unbranched alkanes of at least 4 members (excludes halogenated alkanes) is 8. The molecule has 0 saturated heterocycles. The van der Waals surface area contributed by atoms with Crippen molar-refractivity contribution in [3.63, 3.8) is 0 Å². The molecule has 0 heterocycles. The molecule has 0 bridgehead atoms. The Bertz CT molecular complexity index is 171. The van der Waals surface area contributed by atoms with Gasteiger partial charge < -0.3 is 0 Å². The SMILES string of the molecule is CCCCCCCCCCC=CC(N)(N)N. The van der Waals surface area contributed by atoms with Gasteiger partial charge in [0.15, 0.2) is 0 Å². The zero-order valence-electron chi connectivity index (χ0n) is 10.8. The average molecular weight is 227 g/mol. The molecule has 0 aliphatic heterocycles. The van der Waals surface area contributed by atoms with E-state index in [1.165, 1.54) is 51.4 Å². The lowest BCUT2D eigenvalue weighted by Crippen LogP contribution is -2.56. The summed E-state index contributed by atoms with van der Waals surface area (Å²) in [6.07, 6.45) is 15.4. The number of allylic oxidation sites excluding steroid dienone is 1. The number of nitrogens with two attached hydrogens (primary N) is 3. The molecule has 0 aromatic rings. The summed E-state index contributed by atoms with van der Waals surface area (Å²) < 4.78 is 0. The van der Waals surface area contributed by atoms with Crippen LogP contribution in [0.4, 0.5) is 0 Å². The number of rotatable bonds is 10. The average Bonchev–Trinajstić information content (AvgIpc) is 2.19. The standard InChI is InChI=1S/C13H29N3/c1-2-3-4-5-6-7-8-9-10-11-12-13(14,15)16/h11-12H,2-10,14-16H2,1H3. The van der Waals surface area contributed by atoms with Crippen LogP contribution in [0.25, 0.3) is 0 Å². The summed E-state index contributed by atoms with van der Waals surface area (Å²) in [6, 6.07) is 0. The van der Waals surface area contributed by atoms with Gasteiger partial charge in [0.05, 0.1) is 0 Å². The zero-order chi connectivity index (χ0) is 12.3. The van der Waals surface area contributed by atoms with Crippen LogP contribution in [0.5, 0.6) is 0 Å². The van der Waals surface area contributed by atoms with Crippen molar-refractivity contribution in [1.82, 2.24) is 0 Å². The molecule has 0 unspecified atom stereocenters. The van der Waals surface area contributed by atoms with Crippen LogP contribution >= 0.6 is 0 Å². The quantitative estimate of drug-likeness (QED) is 0.305. The van der Waals surface area contributed by atoms with Gasteiger partial charge in [-0.15, -0.1) is 0 Å². The van der Waals surface area contributed by atoms with Crippen molar-refractivity contribution < 1.29 is 0 Å². The molecule has 0 atom stereocenters. The van der Waals surface area contributed by atoms with Crippen LogP contribution in [0.2, 0.25) is 0 Å². The first kappa shape index (κ1) is 15.6. The van der Waals surface area contributed by atoms with E-state index in [2.05, 4.69) is 6.92 Å². The van der Waals surface area contributed by atoms with Crippen LogP contribution in [-0.2, 0) is 0 Å². The van der Waals surface area contributed by atoms with Gasteiger partial charge in [-0.2, -0.15) is 0 Å². The Hall–Kier alpha value is -0.380. The summed E-state index contributed by atoms with van der Waals surface area (Å²) in [5.41, 5.74) is 16.2. The third kappa shape index (κ3) is 13.6. The highest BCUT2D eigenvalue weighted by molar-refractivity contribution is 4.96. The van der Waals surface area contributed by atoms with Crippen molar-refractivity contribution in [2.45, 2.75) is 70.5 Å². The van der Waals surface area contributed by atoms with E-state index in [0.717, 1.165) is 6.42 Å². The molecule has 0 radical (unpaired) electrons. The van der Waals surface area contributed by atoms with Gasteiger partial charge in [0.1, 0.15) is 5.79 Å². The lowest BCUT2D eigenvalue weighted by Gasteiger charge is -2.11. The fourth-order valence-electron chi connectivity index (χ4n) is 1.68. The molecule has 16 heavy (non-hydrogen) atoms. The van der Waals surface area contributed by atoms with E-state index in [9.17, 15) is 0 Å². The van der Waals surface area contributed by atoms with Crippen LogP contribution in [0, 0.1) is 0 Å². The molecule has 96 valence electrons. The summed E-state index contributed by atoms with van der Waals surface area (Å²) in [5, 5.41) is 0. The Morgan fingerprint density at radius 3 is 1.81 bits per heavy atom. The van der Waals surface area contributed by atoms with Gasteiger partial charge in [-0.25, -0.2) is 0 Å². The van der Waals surface area contributed by atoms with Crippen molar-refractivity contribution in [3.8, 4) is 0 Å². The summed E-state index contributed by atoms with van der Waals surface area (Å²) in [6.45, 7) is 2.25. The van der Waals surface area contributed by atoms with Gasteiger partial charge in [-0.1, -0.05) is 57.9 Å². The molecule has 3 heteroatoms. The Morgan fingerprint density at radius 2 is 1.31 bits per heavy atom. The van der Waals surface area contributed by atoms with Crippen molar-refractivity contribution in [2.75, 3.05) is 0 Å². The van der Waals surface area contributed by atoms with Crippen molar-refractivity contribution >= 4 is 0 Å². The van der Waals surface area contributed by atoms with Gasteiger partial charge in [0, 0.05) is 0 Å². The highest BCUT2D eigenvalue weighted by atomic mass is 15.1. The fraction of sp³-hybridized carbons (Fsp3) is 0.846. The second kappa shape index (κ2) is 9.82. The first-order chi connectivity index (χ1) is 7.56. The van der Waals surface area contributed by atoms with E-state index in [0.29, 0.717) is 0 Å². The molecular formula is C13H29N3. The highest BCUT2D eigenvalue weighted by Crippen LogP contribution is 2.09. The van der Waals surface area contributed by atoms with E-state index in [-0.39, 0.29) is 0 Å². The second-order valence-electron chi connectivity index (χ2n) is 4.67. The molecule has 6 N–H and O–H groups in total. The predicted molar refractivity (Wildman–Crippen MR) is 71.7 cm³/mol. The Balaban J connectivity index is 3.13. The van der Waals surface area contributed by atoms with Gasteiger partial charge >= 0.3 is 0 Å². The molecule has 0 aromatic carbocycles. The fourth-order valence-corrected chi connectivity index (χ4v) is 1.68. The van der Waals surface area contributed by atoms with Crippen LogP contribution in [0.3, 0.4) is 0 Å². The van der Waals surface area contributed by atoms with Crippen molar-refractivity contribution in [1.29, 1.82) is 0 Å². The Kier molecular flexibility index (Phi) is 9.59. The first-order valence-electron chi connectivity index (χ1n) is 6.60. The monoisotopic (exact) mass is 227 g/mol. The maximum absolute atomic E-state index is 5.41. The minimum atomic E-state index is -1.14. The molecular weight excluding hydrogens is 198 g/mol. The molecule has 0 aromatic heterocycles. The van der Waals surface area contributed by atoms with Crippen LogP contribution in [0.15, 0.2) is 12.2 Å². The highest BCUT2D eigenvalue weighted by Gasteiger charge is 2.03. The van der Waals surface area contributed by atoms with E-state index >= 15 is 0 Å². The van der Waals surface area contributed by atoms with E-state index in [4.69, 9.17) is 17.2 Å². The molecule has 0 spiro atoms. The van der Waals surface area contributed by atoms with Crippen LogP contribution in [0.1, 0.15) is 64.7 Å². The summed E-state index contributed by atoms with van der Waals surface area (Å²) in [4.78, 5) is 0. The lowest BCUT2D eigenvalue weighted by molar-refractivity contribution is 0.569. The third-order valence-corrected chi connectivity index (χ3v) is 2.63. The van der Waals surface area contributed by atoms with Crippen LogP contribution < -0.4 is 17.2 Å². The lowest BCUT2D eigenvalue weighted by atomic mass is 10.1. The third-order valence-electron chi connectivity index (χ3n) is 2.63. The largest absolute Gasteiger partial charge is 0.298 e. The molecule has 0 amide bonds. The van der Waals surface area contributed by atoms with Crippen molar-refractivity contribution in [3.05, 3.63) is 12.2 Å². The van der Waals surface area contributed by atoms with Gasteiger partial charge in [0.2, 0.25) is 0 Å². The summed E-state index contributed by atoms with van der Waals surface area (Å²) in [5.74, 6) is -1.14. The summed E-state index contributed by atoms with van der Waals surface area (Å²) >= 11 is 0. The molecule has 0 aliphatic rings. The van der Waals surface area contributed by atoms with E-state index in [1.54, 1.807) is 6.08 Å². The van der Waals surface area contributed by atoms with Gasteiger partial charge in [-0.05, 0) is 18.9 Å². The van der Waals surface area contributed by atoms with Gasteiger partial charge in [0.25, 0.3) is 0 Å². The molecule has 0 rings (SSSR count). The normalized spacial score (nSPS) is 12.5. The Labute approximate surface area is 100 Å². The maximum atomic E-state index is 5.41. The van der Waals surface area contributed by atoms with Crippen molar-refractivity contribution in [2.24, 2.45) is 17.2 Å². The van der Waals surface area contributed by atoms with Gasteiger partial charge in [-0.3, -0.25) is 17.2 Å². The molecule has 0 fully saturated rings. The first-order valence-corrected chi connectivity index (χ1v) is 6.60. The Morgan fingerprint density at radius 1 is 0.812 bits per heavy atom. The minimum absolute atomic E-state index is 1.03. The van der Waals surface area contributed by atoms with E-state index < -0.39 is 5.79 Å². The number of hydrogen-bond donors (Lipinski definition) is 3. The van der Waals surface area contributed by atoms with E-state index in [1.807, 2.05) is 6.08 Å². The molecule has 3 nitrogen and oxygen atoms in total. The minimum Gasteiger partial charge on any atom is -0.298 e. The number of hydrogen-bond acceptors (Lipinski definition) is 3. The zero-order valence-corrected chi connectivity index (χ0v) is 10.8.